The minimum absolute atomic E-state index is 0.00205. The molecule has 1 aromatic rings. The van der Waals surface area contributed by atoms with E-state index in [1.165, 1.54) is 11.1 Å². The fraction of sp³-hybridized carbons (Fsp3) is 0.500. The fourth-order valence-corrected chi connectivity index (χ4v) is 2.81. The summed E-state index contributed by atoms with van der Waals surface area (Å²) in [6.07, 6.45) is 1.59. The number of hydrogen-bond acceptors (Lipinski definition) is 2. The normalized spacial score (nSPS) is 19.1. The Morgan fingerprint density at radius 1 is 1.20 bits per heavy atom. The number of nitrogens with zero attached hydrogens (tertiary/aromatic N) is 1. The standard InChI is InChI=1S/C16H22N2O2/c1-4-5-14-16(20)17-9-15(19)18(14)10-13-7-11(2)6-12(3)8-13/h6-8,14H,4-5,9-10H2,1-3H3,(H,17,20). The molecule has 4 nitrogen and oxygen atoms in total. The van der Waals surface area contributed by atoms with Crippen molar-refractivity contribution in [1.82, 2.24) is 10.2 Å². The van der Waals surface area contributed by atoms with Crippen molar-refractivity contribution in [3.63, 3.8) is 0 Å². The lowest BCUT2D eigenvalue weighted by atomic mass is 10.0. The van der Waals surface area contributed by atoms with Gasteiger partial charge in [0.05, 0.1) is 6.54 Å². The third-order valence-electron chi connectivity index (χ3n) is 3.61. The van der Waals surface area contributed by atoms with Gasteiger partial charge in [-0.15, -0.1) is 0 Å². The molecule has 1 aliphatic rings. The highest BCUT2D eigenvalue weighted by molar-refractivity contribution is 5.94. The highest BCUT2D eigenvalue weighted by atomic mass is 16.2. The maximum atomic E-state index is 12.1. The summed E-state index contributed by atoms with van der Waals surface area (Å²) in [6, 6.07) is 5.94. The molecule has 2 amide bonds. The average Bonchev–Trinajstić information content (AvgIpc) is 2.37. The zero-order valence-corrected chi connectivity index (χ0v) is 12.4. The van der Waals surface area contributed by atoms with Gasteiger partial charge in [0, 0.05) is 6.54 Å². The third kappa shape index (κ3) is 3.18. The van der Waals surface area contributed by atoms with Gasteiger partial charge in [-0.3, -0.25) is 9.59 Å². The first kappa shape index (κ1) is 14.6. The molecule has 1 N–H and O–H groups in total. The van der Waals surface area contributed by atoms with E-state index in [9.17, 15) is 9.59 Å². The molecule has 0 saturated carbocycles. The molecule has 1 aliphatic heterocycles. The average molecular weight is 274 g/mol. The minimum Gasteiger partial charge on any atom is -0.345 e. The molecule has 1 unspecified atom stereocenters. The van der Waals surface area contributed by atoms with Crippen LogP contribution < -0.4 is 5.32 Å². The van der Waals surface area contributed by atoms with E-state index in [4.69, 9.17) is 0 Å². The molecule has 1 aromatic carbocycles. The summed E-state index contributed by atoms with van der Waals surface area (Å²) in [6.45, 7) is 6.75. The smallest absolute Gasteiger partial charge is 0.243 e. The van der Waals surface area contributed by atoms with Gasteiger partial charge in [-0.25, -0.2) is 0 Å². The molecule has 0 spiro atoms. The maximum Gasteiger partial charge on any atom is 0.243 e. The summed E-state index contributed by atoms with van der Waals surface area (Å²) >= 11 is 0. The van der Waals surface area contributed by atoms with Crippen molar-refractivity contribution < 1.29 is 9.59 Å². The van der Waals surface area contributed by atoms with Crippen LogP contribution in [0.25, 0.3) is 0 Å². The zero-order chi connectivity index (χ0) is 14.7. The predicted molar refractivity (Wildman–Crippen MR) is 78.2 cm³/mol. The van der Waals surface area contributed by atoms with E-state index in [1.807, 2.05) is 20.8 Å². The Bertz CT molecular complexity index is 505. The molecule has 1 fully saturated rings. The molecular weight excluding hydrogens is 252 g/mol. The van der Waals surface area contributed by atoms with Crippen LogP contribution in [0.15, 0.2) is 18.2 Å². The van der Waals surface area contributed by atoms with Crippen molar-refractivity contribution in [3.05, 3.63) is 34.9 Å². The Morgan fingerprint density at radius 2 is 1.85 bits per heavy atom. The Morgan fingerprint density at radius 3 is 2.45 bits per heavy atom. The van der Waals surface area contributed by atoms with Gasteiger partial charge in [-0.05, 0) is 25.8 Å². The van der Waals surface area contributed by atoms with Gasteiger partial charge in [0.1, 0.15) is 6.04 Å². The molecule has 0 aromatic heterocycles. The maximum absolute atomic E-state index is 12.1. The van der Waals surface area contributed by atoms with Crippen LogP contribution in [0, 0.1) is 13.8 Å². The SMILES string of the molecule is CCCC1C(=O)NCC(=O)N1Cc1cc(C)cc(C)c1. The van der Waals surface area contributed by atoms with Crippen LogP contribution >= 0.6 is 0 Å². The lowest BCUT2D eigenvalue weighted by Crippen LogP contribution is -2.57. The third-order valence-corrected chi connectivity index (χ3v) is 3.61. The van der Waals surface area contributed by atoms with Crippen molar-refractivity contribution in [2.75, 3.05) is 6.54 Å². The lowest BCUT2D eigenvalue weighted by Gasteiger charge is -2.35. The molecule has 1 atom stereocenters. The van der Waals surface area contributed by atoms with Crippen molar-refractivity contribution >= 4 is 11.8 Å². The summed E-state index contributed by atoms with van der Waals surface area (Å²) in [5.74, 6) is -0.0296. The first-order valence-corrected chi connectivity index (χ1v) is 7.15. The second-order valence-electron chi connectivity index (χ2n) is 5.54. The second kappa shape index (κ2) is 6.07. The van der Waals surface area contributed by atoms with Gasteiger partial charge >= 0.3 is 0 Å². The first-order valence-electron chi connectivity index (χ1n) is 7.15. The van der Waals surface area contributed by atoms with E-state index in [0.29, 0.717) is 13.0 Å². The topological polar surface area (TPSA) is 49.4 Å². The summed E-state index contributed by atoms with van der Waals surface area (Å²) < 4.78 is 0. The van der Waals surface area contributed by atoms with E-state index in [1.54, 1.807) is 4.90 Å². The quantitative estimate of drug-likeness (QED) is 0.912. The van der Waals surface area contributed by atoms with E-state index >= 15 is 0 Å². The summed E-state index contributed by atoms with van der Waals surface area (Å²) in [4.78, 5) is 25.8. The number of aryl methyl sites for hydroxylation is 2. The molecule has 108 valence electrons. The van der Waals surface area contributed by atoms with Crippen molar-refractivity contribution in [2.45, 2.75) is 46.2 Å². The Labute approximate surface area is 120 Å². The molecule has 1 saturated heterocycles. The molecule has 4 heteroatoms. The highest BCUT2D eigenvalue weighted by Gasteiger charge is 2.33. The number of carbonyl (C=O) groups is 2. The van der Waals surface area contributed by atoms with Gasteiger partial charge in [0.25, 0.3) is 0 Å². The Balaban J connectivity index is 2.22. The second-order valence-corrected chi connectivity index (χ2v) is 5.54. The number of amides is 2. The van der Waals surface area contributed by atoms with Crippen LogP contribution in [0.5, 0.6) is 0 Å². The monoisotopic (exact) mass is 274 g/mol. The van der Waals surface area contributed by atoms with Gasteiger partial charge in [0.15, 0.2) is 0 Å². The molecule has 0 bridgehead atoms. The van der Waals surface area contributed by atoms with Gasteiger partial charge in [-0.1, -0.05) is 42.7 Å². The zero-order valence-electron chi connectivity index (χ0n) is 12.4. The molecule has 2 rings (SSSR count). The molecule has 0 radical (unpaired) electrons. The van der Waals surface area contributed by atoms with Crippen LogP contribution in [0.2, 0.25) is 0 Å². The summed E-state index contributed by atoms with van der Waals surface area (Å²) in [5, 5.41) is 2.68. The molecular formula is C16H22N2O2. The Hall–Kier alpha value is -1.84. The van der Waals surface area contributed by atoms with Gasteiger partial charge < -0.3 is 10.2 Å². The number of hydrogen-bond donors (Lipinski definition) is 1. The van der Waals surface area contributed by atoms with Crippen molar-refractivity contribution in [1.29, 1.82) is 0 Å². The molecule has 0 aliphatic carbocycles. The van der Waals surface area contributed by atoms with Crippen LogP contribution in [-0.4, -0.2) is 29.3 Å². The predicted octanol–water partition coefficient (Wildman–Crippen LogP) is 1.93. The van der Waals surface area contributed by atoms with E-state index < -0.39 is 0 Å². The van der Waals surface area contributed by atoms with Crippen molar-refractivity contribution in [3.8, 4) is 0 Å². The van der Waals surface area contributed by atoms with Crippen molar-refractivity contribution in [2.24, 2.45) is 0 Å². The Kier molecular flexibility index (Phi) is 4.42. The first-order chi connectivity index (χ1) is 9.51. The van der Waals surface area contributed by atoms with E-state index in [-0.39, 0.29) is 24.4 Å². The summed E-state index contributed by atoms with van der Waals surface area (Å²) in [7, 11) is 0. The number of nitrogens with one attached hydrogen (secondary N) is 1. The number of piperazine rings is 1. The lowest BCUT2D eigenvalue weighted by molar-refractivity contribution is -0.146. The highest BCUT2D eigenvalue weighted by Crippen LogP contribution is 2.17. The number of rotatable bonds is 4. The minimum atomic E-state index is -0.331. The van der Waals surface area contributed by atoms with E-state index in [2.05, 4.69) is 23.5 Å². The van der Waals surface area contributed by atoms with Crippen LogP contribution in [0.3, 0.4) is 0 Å². The van der Waals surface area contributed by atoms with Crippen LogP contribution in [0.4, 0.5) is 0 Å². The largest absolute Gasteiger partial charge is 0.345 e. The molecule has 1 heterocycles. The van der Waals surface area contributed by atoms with E-state index in [0.717, 1.165) is 12.0 Å². The molecule has 20 heavy (non-hydrogen) atoms. The fourth-order valence-electron chi connectivity index (χ4n) is 2.81. The van der Waals surface area contributed by atoms with Crippen LogP contribution in [0.1, 0.15) is 36.5 Å². The number of carbonyl (C=O) groups excluding carboxylic acids is 2. The summed E-state index contributed by atoms with van der Waals surface area (Å²) in [5.41, 5.74) is 3.45. The van der Waals surface area contributed by atoms with Gasteiger partial charge in [0.2, 0.25) is 11.8 Å². The number of benzene rings is 1. The van der Waals surface area contributed by atoms with Crippen LogP contribution in [-0.2, 0) is 16.1 Å². The van der Waals surface area contributed by atoms with Gasteiger partial charge in [-0.2, -0.15) is 0 Å².